The lowest BCUT2D eigenvalue weighted by atomic mass is 9.90. The molecule has 3 nitrogen and oxygen atoms in total. The first-order valence-electron chi connectivity index (χ1n) is 3.62. The van der Waals surface area contributed by atoms with E-state index < -0.39 is 9.05 Å². The summed E-state index contributed by atoms with van der Waals surface area (Å²) in [4.78, 5) is 0. The van der Waals surface area contributed by atoms with E-state index in [1.807, 2.05) is 20.8 Å². The van der Waals surface area contributed by atoms with Crippen LogP contribution in [-0.2, 0) is 13.8 Å². The minimum absolute atomic E-state index is 0.144. The molecule has 0 aliphatic carbocycles. The molecule has 0 saturated heterocycles. The van der Waals surface area contributed by atoms with Gasteiger partial charge in [0.25, 0.3) is 0 Å². The number of hydrogen-bond donors (Lipinski definition) is 0. The molecule has 0 rings (SSSR count). The number of ether oxygens (including phenoxy) is 1. The fraction of sp³-hybridized carbons (Fsp3) is 1.00. The number of methoxy groups -OCH3 is 1. The molecule has 12 heavy (non-hydrogen) atoms. The van der Waals surface area contributed by atoms with Gasteiger partial charge in [0.1, 0.15) is 0 Å². The molecule has 0 saturated carbocycles. The Morgan fingerprint density at radius 1 is 1.42 bits per heavy atom. The van der Waals surface area contributed by atoms with Crippen molar-refractivity contribution in [3.63, 3.8) is 0 Å². The van der Waals surface area contributed by atoms with E-state index in [-0.39, 0.29) is 17.3 Å². The molecular formula is C7H15ClO3S. The summed E-state index contributed by atoms with van der Waals surface area (Å²) in [5.74, 6) is -0.144. The van der Waals surface area contributed by atoms with Crippen molar-refractivity contribution in [1.29, 1.82) is 0 Å². The molecular weight excluding hydrogens is 200 g/mol. The first-order valence-corrected chi connectivity index (χ1v) is 6.10. The zero-order valence-electron chi connectivity index (χ0n) is 7.80. The van der Waals surface area contributed by atoms with Gasteiger partial charge < -0.3 is 4.74 Å². The summed E-state index contributed by atoms with van der Waals surface area (Å²) in [6.07, 6.45) is -0.361. The molecule has 0 heterocycles. The third-order valence-corrected chi connectivity index (χ3v) is 2.68. The van der Waals surface area contributed by atoms with Crippen LogP contribution >= 0.6 is 10.7 Å². The Balaban J connectivity index is 4.41. The van der Waals surface area contributed by atoms with Gasteiger partial charge in [0.15, 0.2) is 0 Å². The summed E-state index contributed by atoms with van der Waals surface area (Å²) in [5, 5.41) is 0. The van der Waals surface area contributed by atoms with Crippen LogP contribution in [0.15, 0.2) is 0 Å². The molecule has 74 valence electrons. The Labute approximate surface area is 78.5 Å². The van der Waals surface area contributed by atoms with E-state index in [1.54, 1.807) is 0 Å². The van der Waals surface area contributed by atoms with Crippen LogP contribution < -0.4 is 0 Å². The Morgan fingerprint density at radius 2 is 1.83 bits per heavy atom. The highest BCUT2D eigenvalue weighted by atomic mass is 35.7. The highest BCUT2D eigenvalue weighted by Crippen LogP contribution is 2.23. The van der Waals surface area contributed by atoms with Gasteiger partial charge in [0, 0.05) is 17.8 Å². The van der Waals surface area contributed by atoms with Crippen molar-refractivity contribution in [3.8, 4) is 0 Å². The lowest BCUT2D eigenvalue weighted by Crippen LogP contribution is -2.33. The maximum atomic E-state index is 10.7. The van der Waals surface area contributed by atoms with Crippen LogP contribution in [0.3, 0.4) is 0 Å². The van der Waals surface area contributed by atoms with Crippen molar-refractivity contribution in [2.75, 3.05) is 12.9 Å². The molecule has 0 fully saturated rings. The fourth-order valence-corrected chi connectivity index (χ4v) is 2.19. The van der Waals surface area contributed by atoms with Crippen LogP contribution in [0, 0.1) is 5.41 Å². The van der Waals surface area contributed by atoms with Gasteiger partial charge in [-0.15, -0.1) is 0 Å². The van der Waals surface area contributed by atoms with Crippen LogP contribution in [-0.4, -0.2) is 27.4 Å². The predicted molar refractivity (Wildman–Crippen MR) is 49.9 cm³/mol. The van der Waals surface area contributed by atoms with E-state index >= 15 is 0 Å². The lowest BCUT2D eigenvalue weighted by molar-refractivity contribution is 0.0341. The zero-order valence-corrected chi connectivity index (χ0v) is 9.37. The Morgan fingerprint density at radius 3 is 1.92 bits per heavy atom. The molecule has 0 aliphatic heterocycles. The molecule has 0 amide bonds. The lowest BCUT2D eigenvalue weighted by Gasteiger charge is -2.27. The highest BCUT2D eigenvalue weighted by Gasteiger charge is 2.28. The van der Waals surface area contributed by atoms with E-state index in [1.165, 1.54) is 7.11 Å². The van der Waals surface area contributed by atoms with Gasteiger partial charge in [-0.2, -0.15) is 0 Å². The smallest absolute Gasteiger partial charge is 0.235 e. The third-order valence-electron chi connectivity index (χ3n) is 1.60. The molecule has 0 N–H and O–H groups in total. The first kappa shape index (κ1) is 12.2. The summed E-state index contributed by atoms with van der Waals surface area (Å²) in [5.41, 5.74) is -0.212. The number of halogens is 1. The van der Waals surface area contributed by atoms with Gasteiger partial charge in [0.2, 0.25) is 9.05 Å². The quantitative estimate of drug-likeness (QED) is 0.671. The maximum absolute atomic E-state index is 10.7. The predicted octanol–water partition coefficient (Wildman–Crippen LogP) is 1.62. The maximum Gasteiger partial charge on any atom is 0.235 e. The molecule has 0 aromatic rings. The molecule has 0 aromatic carbocycles. The summed E-state index contributed by atoms with van der Waals surface area (Å²) in [6, 6.07) is 0. The van der Waals surface area contributed by atoms with Crippen molar-refractivity contribution in [1.82, 2.24) is 0 Å². The molecule has 0 aliphatic rings. The second-order valence-electron chi connectivity index (χ2n) is 3.80. The average Bonchev–Trinajstić information content (AvgIpc) is 1.78. The van der Waals surface area contributed by atoms with Crippen molar-refractivity contribution in [3.05, 3.63) is 0 Å². The average molecular weight is 215 g/mol. The topological polar surface area (TPSA) is 43.4 Å². The van der Waals surface area contributed by atoms with E-state index in [0.29, 0.717) is 0 Å². The Bertz CT molecular complexity index is 228. The van der Waals surface area contributed by atoms with Crippen LogP contribution in [0.25, 0.3) is 0 Å². The third kappa shape index (κ3) is 4.95. The summed E-state index contributed by atoms with van der Waals surface area (Å²) >= 11 is 0. The van der Waals surface area contributed by atoms with Crippen LogP contribution in [0.4, 0.5) is 0 Å². The molecule has 5 heteroatoms. The zero-order chi connectivity index (χ0) is 9.99. The van der Waals surface area contributed by atoms with E-state index in [4.69, 9.17) is 15.4 Å². The molecule has 0 bridgehead atoms. The van der Waals surface area contributed by atoms with Gasteiger partial charge in [0.05, 0.1) is 11.9 Å². The molecule has 0 aromatic heterocycles. The second kappa shape index (κ2) is 3.94. The molecule has 0 spiro atoms. The number of rotatable bonds is 3. The van der Waals surface area contributed by atoms with Gasteiger partial charge in [-0.25, -0.2) is 8.42 Å². The monoisotopic (exact) mass is 214 g/mol. The number of hydrogen-bond acceptors (Lipinski definition) is 3. The van der Waals surface area contributed by atoms with Gasteiger partial charge in [-0.1, -0.05) is 20.8 Å². The van der Waals surface area contributed by atoms with E-state index in [0.717, 1.165) is 0 Å². The standard InChI is InChI=1S/C7H15ClO3S/c1-7(2,3)6(11-4)5-12(8,9)10/h6H,5H2,1-4H3. The molecule has 0 radical (unpaired) electrons. The fourth-order valence-electron chi connectivity index (χ4n) is 0.852. The largest absolute Gasteiger partial charge is 0.380 e. The molecule has 1 atom stereocenters. The minimum Gasteiger partial charge on any atom is -0.380 e. The van der Waals surface area contributed by atoms with Gasteiger partial charge in [-0.05, 0) is 5.41 Å². The summed E-state index contributed by atoms with van der Waals surface area (Å²) in [7, 11) is 3.12. The van der Waals surface area contributed by atoms with Crippen molar-refractivity contribution >= 4 is 19.7 Å². The van der Waals surface area contributed by atoms with Crippen molar-refractivity contribution in [2.45, 2.75) is 26.9 Å². The van der Waals surface area contributed by atoms with Gasteiger partial charge in [-0.3, -0.25) is 0 Å². The van der Waals surface area contributed by atoms with E-state index in [2.05, 4.69) is 0 Å². The Hall–Kier alpha value is 0.200. The van der Waals surface area contributed by atoms with Crippen LogP contribution in [0.2, 0.25) is 0 Å². The highest BCUT2D eigenvalue weighted by molar-refractivity contribution is 8.13. The minimum atomic E-state index is -3.47. The van der Waals surface area contributed by atoms with Crippen LogP contribution in [0.1, 0.15) is 20.8 Å². The second-order valence-corrected chi connectivity index (χ2v) is 6.62. The Kier molecular flexibility index (Phi) is 4.00. The summed E-state index contributed by atoms with van der Waals surface area (Å²) in [6.45, 7) is 5.72. The van der Waals surface area contributed by atoms with Crippen molar-refractivity contribution in [2.24, 2.45) is 5.41 Å². The van der Waals surface area contributed by atoms with Gasteiger partial charge >= 0.3 is 0 Å². The SMILES string of the molecule is COC(CS(=O)(=O)Cl)C(C)(C)C. The normalized spacial score (nSPS) is 16.1. The van der Waals surface area contributed by atoms with E-state index in [9.17, 15) is 8.42 Å². The van der Waals surface area contributed by atoms with Crippen LogP contribution in [0.5, 0.6) is 0 Å². The summed E-state index contributed by atoms with van der Waals surface area (Å²) < 4.78 is 26.5. The first-order chi connectivity index (χ1) is 5.17. The van der Waals surface area contributed by atoms with Crippen molar-refractivity contribution < 1.29 is 13.2 Å². The molecule has 1 unspecified atom stereocenters.